The van der Waals surface area contributed by atoms with Crippen LogP contribution in [0.25, 0.3) is 0 Å². The van der Waals surface area contributed by atoms with Crippen molar-refractivity contribution in [2.45, 2.75) is 19.3 Å². The first-order valence-electron chi connectivity index (χ1n) is 6.59. The second-order valence-corrected chi connectivity index (χ2v) is 4.98. The molecular formula is C14H21N3O. The zero-order valence-corrected chi connectivity index (χ0v) is 10.9. The van der Waals surface area contributed by atoms with E-state index < -0.39 is 0 Å². The first-order valence-corrected chi connectivity index (χ1v) is 6.59. The van der Waals surface area contributed by atoms with E-state index >= 15 is 0 Å². The number of carbonyl (C=O) groups excluding carboxylic acids is 1. The van der Waals surface area contributed by atoms with Gasteiger partial charge in [-0.25, -0.2) is 0 Å². The predicted molar refractivity (Wildman–Crippen MR) is 71.2 cm³/mol. The van der Waals surface area contributed by atoms with Gasteiger partial charge < -0.3 is 10.2 Å². The molecule has 1 fully saturated rings. The summed E-state index contributed by atoms with van der Waals surface area (Å²) in [4.78, 5) is 17.8. The topological polar surface area (TPSA) is 45.2 Å². The maximum Gasteiger partial charge on any atom is 0.222 e. The van der Waals surface area contributed by atoms with Gasteiger partial charge in [-0.2, -0.15) is 0 Å². The van der Waals surface area contributed by atoms with E-state index in [1.165, 1.54) is 5.56 Å². The first-order chi connectivity index (χ1) is 8.75. The second-order valence-electron chi connectivity index (χ2n) is 4.98. The summed E-state index contributed by atoms with van der Waals surface area (Å²) >= 11 is 0. The average Bonchev–Trinajstić information content (AvgIpc) is 2.90. The van der Waals surface area contributed by atoms with Crippen LogP contribution < -0.4 is 5.32 Å². The second kappa shape index (κ2) is 6.50. The van der Waals surface area contributed by atoms with E-state index in [0.29, 0.717) is 12.3 Å². The molecule has 4 heteroatoms. The van der Waals surface area contributed by atoms with Gasteiger partial charge in [0.05, 0.1) is 0 Å². The lowest BCUT2D eigenvalue weighted by atomic mass is 10.0. The Kier molecular flexibility index (Phi) is 4.70. The van der Waals surface area contributed by atoms with E-state index in [2.05, 4.69) is 10.3 Å². The van der Waals surface area contributed by atoms with Gasteiger partial charge in [-0.05, 0) is 49.5 Å². The quantitative estimate of drug-likeness (QED) is 0.847. The zero-order chi connectivity index (χ0) is 12.8. The zero-order valence-electron chi connectivity index (χ0n) is 10.9. The van der Waals surface area contributed by atoms with Crippen LogP contribution in [-0.2, 0) is 11.2 Å². The van der Waals surface area contributed by atoms with Gasteiger partial charge in [0.1, 0.15) is 0 Å². The Morgan fingerprint density at radius 3 is 2.94 bits per heavy atom. The predicted octanol–water partition coefficient (Wildman–Crippen LogP) is 1.08. The number of pyridine rings is 1. The molecule has 1 amide bonds. The lowest BCUT2D eigenvalue weighted by Gasteiger charge is -2.19. The van der Waals surface area contributed by atoms with Crippen molar-refractivity contribution in [2.24, 2.45) is 5.92 Å². The van der Waals surface area contributed by atoms with Crippen LogP contribution >= 0.6 is 0 Å². The van der Waals surface area contributed by atoms with Crippen molar-refractivity contribution in [3.05, 3.63) is 30.1 Å². The van der Waals surface area contributed by atoms with Crippen LogP contribution in [0.2, 0.25) is 0 Å². The number of hydrogen-bond acceptors (Lipinski definition) is 3. The Balaban J connectivity index is 1.73. The molecule has 0 saturated carbocycles. The molecule has 1 atom stereocenters. The van der Waals surface area contributed by atoms with Crippen LogP contribution in [0.3, 0.4) is 0 Å². The van der Waals surface area contributed by atoms with Crippen molar-refractivity contribution in [1.82, 2.24) is 15.2 Å². The normalized spacial score (nSPS) is 18.8. The molecule has 1 aromatic rings. The number of likely N-dealkylation sites (N-methyl/N-ethyl adjacent to an activating group) is 1. The molecule has 1 aromatic heterocycles. The van der Waals surface area contributed by atoms with Crippen molar-refractivity contribution >= 4 is 5.91 Å². The third-order valence-corrected chi connectivity index (χ3v) is 3.54. The highest BCUT2D eigenvalue weighted by Gasteiger charge is 2.19. The lowest BCUT2D eigenvalue weighted by molar-refractivity contribution is -0.130. The van der Waals surface area contributed by atoms with Crippen LogP contribution in [0.5, 0.6) is 0 Å². The molecule has 2 rings (SSSR count). The fourth-order valence-corrected chi connectivity index (χ4v) is 2.26. The summed E-state index contributed by atoms with van der Waals surface area (Å²) in [5.74, 6) is 0.790. The minimum atomic E-state index is 0.262. The van der Waals surface area contributed by atoms with Crippen LogP contribution in [-0.4, -0.2) is 42.5 Å². The Bertz CT molecular complexity index is 374. The van der Waals surface area contributed by atoms with Gasteiger partial charge in [-0.15, -0.1) is 0 Å². The Labute approximate surface area is 108 Å². The number of aromatic nitrogens is 1. The molecule has 1 aliphatic heterocycles. The van der Waals surface area contributed by atoms with Crippen LogP contribution in [0.4, 0.5) is 0 Å². The molecule has 4 nitrogen and oxygen atoms in total. The average molecular weight is 247 g/mol. The lowest BCUT2D eigenvalue weighted by Crippen LogP contribution is -2.30. The number of rotatable bonds is 5. The van der Waals surface area contributed by atoms with Crippen molar-refractivity contribution in [1.29, 1.82) is 0 Å². The molecule has 0 radical (unpaired) electrons. The standard InChI is InChI=1S/C14H21N3O/c1-17(9-5-12-2-6-15-7-3-12)14(18)10-13-4-8-16-11-13/h2-3,6-7,13,16H,4-5,8-11H2,1H3. The van der Waals surface area contributed by atoms with Gasteiger partial charge in [-0.3, -0.25) is 9.78 Å². The highest BCUT2D eigenvalue weighted by atomic mass is 16.2. The van der Waals surface area contributed by atoms with Gasteiger partial charge >= 0.3 is 0 Å². The number of amides is 1. The number of nitrogens with zero attached hydrogens (tertiary/aromatic N) is 2. The highest BCUT2D eigenvalue weighted by molar-refractivity contribution is 5.76. The van der Waals surface area contributed by atoms with Gasteiger partial charge in [0, 0.05) is 32.4 Å². The third-order valence-electron chi connectivity index (χ3n) is 3.54. The molecule has 0 spiro atoms. The van der Waals surface area contributed by atoms with Crippen LogP contribution in [0.15, 0.2) is 24.5 Å². The first kappa shape index (κ1) is 13.0. The van der Waals surface area contributed by atoms with E-state index in [0.717, 1.165) is 32.5 Å². The van der Waals surface area contributed by atoms with Gasteiger partial charge in [0.25, 0.3) is 0 Å². The minimum absolute atomic E-state index is 0.262. The molecule has 1 unspecified atom stereocenters. The van der Waals surface area contributed by atoms with E-state index in [1.54, 1.807) is 12.4 Å². The van der Waals surface area contributed by atoms with E-state index in [4.69, 9.17) is 0 Å². The summed E-state index contributed by atoms with van der Waals surface area (Å²) in [5.41, 5.74) is 1.23. The SMILES string of the molecule is CN(CCc1ccncc1)C(=O)CC1CCNC1. The summed E-state index contributed by atoms with van der Waals surface area (Å²) in [6.45, 7) is 2.83. The summed E-state index contributed by atoms with van der Waals surface area (Å²) < 4.78 is 0. The Morgan fingerprint density at radius 1 is 1.50 bits per heavy atom. The molecule has 98 valence electrons. The van der Waals surface area contributed by atoms with Crippen LogP contribution in [0, 0.1) is 5.92 Å². The maximum absolute atomic E-state index is 12.0. The molecule has 0 aliphatic carbocycles. The Hall–Kier alpha value is -1.42. The summed E-state index contributed by atoms with van der Waals surface area (Å²) in [5, 5.41) is 3.30. The smallest absolute Gasteiger partial charge is 0.222 e. The largest absolute Gasteiger partial charge is 0.345 e. The molecule has 1 saturated heterocycles. The van der Waals surface area contributed by atoms with Crippen molar-refractivity contribution in [2.75, 3.05) is 26.7 Å². The number of nitrogens with one attached hydrogen (secondary N) is 1. The monoisotopic (exact) mass is 247 g/mol. The number of hydrogen-bond donors (Lipinski definition) is 1. The fraction of sp³-hybridized carbons (Fsp3) is 0.571. The maximum atomic E-state index is 12.0. The molecule has 0 bridgehead atoms. The number of carbonyl (C=O) groups is 1. The van der Waals surface area contributed by atoms with Gasteiger partial charge in [0.15, 0.2) is 0 Å². The van der Waals surface area contributed by atoms with E-state index in [1.807, 2.05) is 24.1 Å². The van der Waals surface area contributed by atoms with E-state index in [9.17, 15) is 4.79 Å². The van der Waals surface area contributed by atoms with Gasteiger partial charge in [0.2, 0.25) is 5.91 Å². The van der Waals surface area contributed by atoms with Crippen molar-refractivity contribution in [3.63, 3.8) is 0 Å². The van der Waals surface area contributed by atoms with Crippen molar-refractivity contribution in [3.8, 4) is 0 Å². The van der Waals surface area contributed by atoms with Crippen molar-refractivity contribution < 1.29 is 4.79 Å². The summed E-state index contributed by atoms with van der Waals surface area (Å²) in [6, 6.07) is 4.00. The Morgan fingerprint density at radius 2 is 2.28 bits per heavy atom. The molecular weight excluding hydrogens is 226 g/mol. The molecule has 18 heavy (non-hydrogen) atoms. The van der Waals surface area contributed by atoms with E-state index in [-0.39, 0.29) is 5.91 Å². The minimum Gasteiger partial charge on any atom is -0.345 e. The highest BCUT2D eigenvalue weighted by Crippen LogP contribution is 2.13. The molecule has 0 aromatic carbocycles. The molecule has 1 aliphatic rings. The van der Waals surface area contributed by atoms with Gasteiger partial charge in [-0.1, -0.05) is 0 Å². The summed E-state index contributed by atoms with van der Waals surface area (Å²) in [7, 11) is 1.89. The molecule has 2 heterocycles. The van der Waals surface area contributed by atoms with Crippen LogP contribution in [0.1, 0.15) is 18.4 Å². The summed E-state index contributed by atoms with van der Waals surface area (Å²) in [6.07, 6.45) is 6.29. The third kappa shape index (κ3) is 3.81. The fourth-order valence-electron chi connectivity index (χ4n) is 2.26. The molecule has 1 N–H and O–H groups in total.